The van der Waals surface area contributed by atoms with Gasteiger partial charge in [-0.2, -0.15) is 13.2 Å². The van der Waals surface area contributed by atoms with Crippen LogP contribution in [0.15, 0.2) is 62.1 Å². The minimum atomic E-state index is -4.36. The first kappa shape index (κ1) is 31.2. The zero-order valence-corrected chi connectivity index (χ0v) is 22.6. The lowest BCUT2D eigenvalue weighted by Gasteiger charge is -2.36. The zero-order valence-electron chi connectivity index (χ0n) is 21.0. The van der Waals surface area contributed by atoms with E-state index in [1.807, 2.05) is 6.08 Å². The molecule has 2 atom stereocenters. The number of carboxylic acids is 2. The summed E-state index contributed by atoms with van der Waals surface area (Å²) < 4.78 is 39.4. The fourth-order valence-corrected chi connectivity index (χ4v) is 6.97. The molecule has 1 aromatic carbocycles. The topological polar surface area (TPSA) is 122 Å². The number of hydrogen-bond acceptors (Lipinski definition) is 8. The Morgan fingerprint density at radius 2 is 1.62 bits per heavy atom. The van der Waals surface area contributed by atoms with Gasteiger partial charge in [-0.1, -0.05) is 35.7 Å². The number of hydrogen-bond donors (Lipinski definition) is 4. The predicted octanol–water partition coefficient (Wildman–Crippen LogP) is 3.76. The van der Waals surface area contributed by atoms with Crippen molar-refractivity contribution in [3.05, 3.63) is 57.9 Å². The number of carbonyl (C=O) groups is 2. The van der Waals surface area contributed by atoms with Crippen LogP contribution in [0.2, 0.25) is 0 Å². The summed E-state index contributed by atoms with van der Waals surface area (Å²) >= 11 is 2.87. The van der Waals surface area contributed by atoms with Gasteiger partial charge in [0.1, 0.15) is 0 Å². The molecule has 13 heteroatoms. The first-order valence-electron chi connectivity index (χ1n) is 12.3. The first-order chi connectivity index (χ1) is 18.5. The highest BCUT2D eigenvalue weighted by Crippen LogP contribution is 2.53. The van der Waals surface area contributed by atoms with E-state index in [4.69, 9.17) is 15.3 Å². The van der Waals surface area contributed by atoms with Crippen molar-refractivity contribution in [3.63, 3.8) is 0 Å². The summed E-state index contributed by atoms with van der Waals surface area (Å²) in [5.41, 5.74) is -0.632. The molecule has 1 saturated heterocycles. The molecule has 3 aliphatic rings. The van der Waals surface area contributed by atoms with E-state index in [1.165, 1.54) is 29.6 Å². The largest absolute Gasteiger partial charge is 0.478 e. The molecular weight excluding hydrogens is 557 g/mol. The Labute approximate surface area is 232 Å². The quantitative estimate of drug-likeness (QED) is 0.334. The van der Waals surface area contributed by atoms with Crippen molar-refractivity contribution >= 4 is 35.5 Å². The number of alkyl halides is 3. The van der Waals surface area contributed by atoms with Crippen molar-refractivity contribution in [2.24, 2.45) is 5.92 Å². The minimum Gasteiger partial charge on any atom is -0.478 e. The molecule has 4 N–H and O–H groups in total. The van der Waals surface area contributed by atoms with E-state index in [0.29, 0.717) is 36.4 Å². The number of carboxylic acid groups (broad SMARTS) is 2. The van der Waals surface area contributed by atoms with E-state index in [1.54, 1.807) is 6.07 Å². The molecule has 0 bridgehead atoms. The summed E-state index contributed by atoms with van der Waals surface area (Å²) in [7, 11) is 0. The molecule has 0 saturated carbocycles. The van der Waals surface area contributed by atoms with Crippen molar-refractivity contribution < 1.29 is 43.2 Å². The molecule has 2 aliphatic heterocycles. The smallest absolute Gasteiger partial charge is 0.416 e. The van der Waals surface area contributed by atoms with Crippen LogP contribution in [-0.4, -0.2) is 94.1 Å². The number of thioether (sulfide) groups is 2. The van der Waals surface area contributed by atoms with Crippen molar-refractivity contribution in [2.45, 2.75) is 34.9 Å². The van der Waals surface area contributed by atoms with Crippen LogP contribution < -0.4 is 0 Å². The second-order valence-corrected chi connectivity index (χ2v) is 11.3. The molecular formula is C26H31F3N2O6S2. The van der Waals surface area contributed by atoms with Crippen LogP contribution in [0.25, 0.3) is 0 Å². The van der Waals surface area contributed by atoms with Crippen LogP contribution >= 0.6 is 23.5 Å². The highest BCUT2D eigenvalue weighted by molar-refractivity contribution is 8.09. The van der Waals surface area contributed by atoms with Gasteiger partial charge in [-0.05, 0) is 31.0 Å². The number of rotatable bonds is 8. The average Bonchev–Trinajstić information content (AvgIpc) is 2.89. The number of aliphatic hydroxyl groups excluding tert-OH is 2. The van der Waals surface area contributed by atoms with Crippen LogP contribution in [0.3, 0.4) is 0 Å². The van der Waals surface area contributed by atoms with Crippen molar-refractivity contribution in [2.75, 3.05) is 45.9 Å². The first-order valence-corrected chi connectivity index (χ1v) is 14.0. The highest BCUT2D eigenvalue weighted by Gasteiger charge is 2.35. The van der Waals surface area contributed by atoms with E-state index in [-0.39, 0.29) is 12.5 Å². The third kappa shape index (κ3) is 9.40. The SMILES string of the molecule is O=C(O)/C=C/C(=O)O.OCCN1CCN(CCC(O)C2CC=CC3=C2Sc2cc(C(F)(F)F)ccc2S3)CC1. The monoisotopic (exact) mass is 588 g/mol. The Morgan fingerprint density at radius 1 is 1.00 bits per heavy atom. The molecule has 214 valence electrons. The number of fused-ring (bicyclic) bond motifs is 1. The number of halogens is 3. The second-order valence-electron chi connectivity index (χ2n) is 9.11. The Morgan fingerprint density at radius 3 is 2.18 bits per heavy atom. The van der Waals surface area contributed by atoms with Gasteiger partial charge in [0.05, 0.1) is 18.3 Å². The maximum atomic E-state index is 13.1. The summed E-state index contributed by atoms with van der Waals surface area (Å²) in [4.78, 5) is 27.1. The molecule has 1 aromatic rings. The van der Waals surface area contributed by atoms with Crippen molar-refractivity contribution in [1.29, 1.82) is 0 Å². The molecule has 39 heavy (non-hydrogen) atoms. The van der Waals surface area contributed by atoms with Crippen molar-refractivity contribution in [3.8, 4) is 0 Å². The highest BCUT2D eigenvalue weighted by atomic mass is 32.2. The Balaban J connectivity index is 0.000000459. The molecule has 1 fully saturated rings. The Bertz CT molecular complexity index is 1100. The standard InChI is InChI=1S/C22H27F3N2O2S2.C4H4O4/c23-22(24,25)15-4-5-18-20(14-15)31-21-16(2-1-3-19(21)30-18)17(29)6-7-26-8-10-27(11-9-26)12-13-28;5-3(6)1-2-4(7)8/h1,3-5,14,16-17,28-29H,2,6-13H2;1-2H,(H,5,6)(H,7,8)/b;2-1+. The van der Waals surface area contributed by atoms with Gasteiger partial charge < -0.3 is 25.3 Å². The van der Waals surface area contributed by atoms with Crippen LogP contribution in [0, 0.1) is 5.92 Å². The number of piperazine rings is 1. The molecule has 4 rings (SSSR count). The van der Waals surface area contributed by atoms with E-state index < -0.39 is 29.8 Å². The van der Waals surface area contributed by atoms with Gasteiger partial charge in [-0.15, -0.1) is 0 Å². The number of allylic oxidation sites excluding steroid dienone is 2. The van der Waals surface area contributed by atoms with Gasteiger partial charge in [0.15, 0.2) is 0 Å². The van der Waals surface area contributed by atoms with E-state index in [9.17, 15) is 27.9 Å². The number of nitrogens with zero attached hydrogens (tertiary/aromatic N) is 2. The van der Waals surface area contributed by atoms with Gasteiger partial charge in [-0.25, -0.2) is 9.59 Å². The van der Waals surface area contributed by atoms with Crippen LogP contribution in [-0.2, 0) is 15.8 Å². The van der Waals surface area contributed by atoms with E-state index >= 15 is 0 Å². The number of benzene rings is 1. The predicted molar refractivity (Wildman–Crippen MR) is 142 cm³/mol. The normalized spacial score (nSPS) is 20.7. The van der Waals surface area contributed by atoms with E-state index in [0.717, 1.165) is 53.5 Å². The molecule has 0 spiro atoms. The lowest BCUT2D eigenvalue weighted by atomic mass is 9.92. The lowest BCUT2D eigenvalue weighted by molar-refractivity contribution is -0.138. The molecule has 0 radical (unpaired) electrons. The van der Waals surface area contributed by atoms with Crippen LogP contribution in [0.5, 0.6) is 0 Å². The molecule has 0 aromatic heterocycles. The maximum absolute atomic E-state index is 13.1. The molecule has 0 amide bonds. The molecule has 8 nitrogen and oxygen atoms in total. The minimum absolute atomic E-state index is 0.0872. The van der Waals surface area contributed by atoms with Gasteiger partial charge >= 0.3 is 18.1 Å². The van der Waals surface area contributed by atoms with Gasteiger partial charge in [0, 0.05) is 76.9 Å². The summed E-state index contributed by atoms with van der Waals surface area (Å²) in [6, 6.07) is 3.91. The average molecular weight is 589 g/mol. The third-order valence-corrected chi connectivity index (χ3v) is 9.12. The maximum Gasteiger partial charge on any atom is 0.416 e. The number of β-amino-alcohol motifs (C(OH)–C–C–N with tert-alkyl or cyclic N) is 1. The molecule has 1 aliphatic carbocycles. The third-order valence-electron chi connectivity index (χ3n) is 6.40. The lowest BCUT2D eigenvalue weighted by Crippen LogP contribution is -2.47. The van der Waals surface area contributed by atoms with Crippen LogP contribution in [0.4, 0.5) is 13.2 Å². The Kier molecular flexibility index (Phi) is 11.5. The fraction of sp³-hybridized carbons (Fsp3) is 0.462. The number of aliphatic carboxylic acids is 2. The van der Waals surface area contributed by atoms with Crippen LogP contribution in [0.1, 0.15) is 18.4 Å². The molecule has 2 heterocycles. The summed E-state index contributed by atoms with van der Waals surface area (Å²) in [6.45, 7) is 5.35. The van der Waals surface area contributed by atoms with Gasteiger partial charge in [-0.3, -0.25) is 4.90 Å². The fourth-order valence-electron chi connectivity index (χ4n) is 4.36. The summed E-state index contributed by atoms with van der Waals surface area (Å²) in [5, 5.41) is 35.7. The number of aliphatic hydroxyl groups is 2. The summed E-state index contributed by atoms with van der Waals surface area (Å²) in [5.74, 6) is -2.60. The summed E-state index contributed by atoms with van der Waals surface area (Å²) in [6.07, 6.45) is 1.64. The Hall–Kier alpha value is -2.29. The van der Waals surface area contributed by atoms with Crippen molar-refractivity contribution in [1.82, 2.24) is 9.80 Å². The van der Waals surface area contributed by atoms with Gasteiger partial charge in [0.2, 0.25) is 0 Å². The van der Waals surface area contributed by atoms with Gasteiger partial charge in [0.25, 0.3) is 0 Å². The zero-order chi connectivity index (χ0) is 28.6. The second kappa shape index (κ2) is 14.4. The molecule has 2 unspecified atom stereocenters. The van der Waals surface area contributed by atoms with E-state index in [2.05, 4.69) is 15.9 Å².